The van der Waals surface area contributed by atoms with Crippen molar-refractivity contribution < 1.29 is 9.85 Å². The highest BCUT2D eigenvalue weighted by atomic mass is 16.6. The second-order valence-electron chi connectivity index (χ2n) is 3.35. The number of non-ortho nitro benzene ring substituents is 2. The van der Waals surface area contributed by atoms with E-state index >= 15 is 0 Å². The summed E-state index contributed by atoms with van der Waals surface area (Å²) in [7, 11) is 1.52. The van der Waals surface area contributed by atoms with Crippen LogP contribution in [0, 0.1) is 20.2 Å². The molecule has 1 heterocycles. The first-order valence-corrected chi connectivity index (χ1v) is 4.65. The Morgan fingerprint density at radius 1 is 1.11 bits per heavy atom. The van der Waals surface area contributed by atoms with Gasteiger partial charge in [0.25, 0.3) is 11.4 Å². The molecule has 92 valence electrons. The van der Waals surface area contributed by atoms with Gasteiger partial charge in [-0.3, -0.25) is 20.2 Å². The van der Waals surface area contributed by atoms with E-state index in [1.54, 1.807) is 0 Å². The molecule has 0 aliphatic heterocycles. The second-order valence-corrected chi connectivity index (χ2v) is 3.35. The fourth-order valence-electron chi connectivity index (χ4n) is 1.33. The van der Waals surface area contributed by atoms with Crippen LogP contribution in [0.4, 0.5) is 11.4 Å². The molecule has 0 aliphatic rings. The van der Waals surface area contributed by atoms with Crippen LogP contribution >= 0.6 is 0 Å². The SMILES string of the molecule is Cn1nnc(-c2cc([N+](=O)[O-])cc([N+](=O)[O-])c2)n1. The van der Waals surface area contributed by atoms with Crippen LogP contribution in [0.2, 0.25) is 0 Å². The number of nitro groups is 2. The number of benzene rings is 1. The van der Waals surface area contributed by atoms with Crippen LogP contribution in [-0.4, -0.2) is 30.1 Å². The molecule has 2 aromatic rings. The molecule has 1 aromatic carbocycles. The summed E-state index contributed by atoms with van der Waals surface area (Å²) in [5.41, 5.74) is -0.623. The fourth-order valence-corrected chi connectivity index (χ4v) is 1.33. The van der Waals surface area contributed by atoms with E-state index in [4.69, 9.17) is 0 Å². The highest BCUT2D eigenvalue weighted by molar-refractivity contribution is 5.63. The van der Waals surface area contributed by atoms with Crippen molar-refractivity contribution in [3.05, 3.63) is 38.4 Å². The number of aromatic nitrogens is 4. The largest absolute Gasteiger partial charge is 0.277 e. The van der Waals surface area contributed by atoms with Gasteiger partial charge in [-0.2, -0.15) is 4.80 Å². The Kier molecular flexibility index (Phi) is 2.67. The van der Waals surface area contributed by atoms with Gasteiger partial charge in [-0.05, 0) is 5.21 Å². The van der Waals surface area contributed by atoms with Crippen molar-refractivity contribution in [1.29, 1.82) is 0 Å². The third-order valence-electron chi connectivity index (χ3n) is 2.09. The second kappa shape index (κ2) is 4.16. The van der Waals surface area contributed by atoms with Crippen LogP contribution in [0.5, 0.6) is 0 Å². The molecule has 0 spiro atoms. The van der Waals surface area contributed by atoms with Gasteiger partial charge in [0.05, 0.1) is 23.0 Å². The summed E-state index contributed by atoms with van der Waals surface area (Å²) in [5, 5.41) is 32.4. The number of nitrogens with zero attached hydrogens (tertiary/aromatic N) is 6. The van der Waals surface area contributed by atoms with E-state index in [1.807, 2.05) is 0 Å². The van der Waals surface area contributed by atoms with E-state index in [2.05, 4.69) is 15.4 Å². The normalized spacial score (nSPS) is 10.3. The van der Waals surface area contributed by atoms with Crippen molar-refractivity contribution in [2.75, 3.05) is 0 Å². The molecular formula is C8H6N6O4. The number of aryl methyl sites for hydroxylation is 1. The van der Waals surface area contributed by atoms with Crippen molar-refractivity contribution in [1.82, 2.24) is 20.2 Å². The molecule has 0 amide bonds. The number of hydrogen-bond acceptors (Lipinski definition) is 7. The molecule has 0 unspecified atom stereocenters. The summed E-state index contributed by atoms with van der Waals surface area (Å²) in [5.74, 6) is 0.0873. The Labute approximate surface area is 99.1 Å². The molecule has 0 N–H and O–H groups in total. The van der Waals surface area contributed by atoms with E-state index in [9.17, 15) is 20.2 Å². The predicted octanol–water partition coefficient (Wildman–Crippen LogP) is 0.693. The highest BCUT2D eigenvalue weighted by Crippen LogP contribution is 2.27. The van der Waals surface area contributed by atoms with Gasteiger partial charge >= 0.3 is 0 Å². The van der Waals surface area contributed by atoms with Crippen molar-refractivity contribution in [2.24, 2.45) is 7.05 Å². The van der Waals surface area contributed by atoms with Crippen LogP contribution < -0.4 is 0 Å². The van der Waals surface area contributed by atoms with Crippen molar-refractivity contribution in [3.63, 3.8) is 0 Å². The Morgan fingerprint density at radius 2 is 1.67 bits per heavy atom. The van der Waals surface area contributed by atoms with E-state index in [-0.39, 0.29) is 11.4 Å². The molecule has 0 atom stereocenters. The average molecular weight is 250 g/mol. The van der Waals surface area contributed by atoms with Crippen LogP contribution in [0.1, 0.15) is 0 Å². The summed E-state index contributed by atoms with van der Waals surface area (Å²) in [6, 6.07) is 3.19. The third-order valence-corrected chi connectivity index (χ3v) is 2.09. The third kappa shape index (κ3) is 2.11. The van der Waals surface area contributed by atoms with Crippen molar-refractivity contribution in [3.8, 4) is 11.4 Å². The molecule has 0 radical (unpaired) electrons. The molecule has 0 saturated heterocycles. The zero-order chi connectivity index (χ0) is 13.3. The minimum atomic E-state index is -0.715. The summed E-state index contributed by atoms with van der Waals surface area (Å²) < 4.78 is 0. The van der Waals surface area contributed by atoms with Gasteiger partial charge in [-0.25, -0.2) is 0 Å². The van der Waals surface area contributed by atoms with Gasteiger partial charge < -0.3 is 0 Å². The van der Waals surface area contributed by atoms with Crippen molar-refractivity contribution >= 4 is 11.4 Å². The van der Waals surface area contributed by atoms with Crippen LogP contribution in [0.3, 0.4) is 0 Å². The smallest absolute Gasteiger partial charge is 0.258 e. The van der Waals surface area contributed by atoms with Gasteiger partial charge in [-0.15, -0.1) is 10.2 Å². The molecule has 0 aliphatic carbocycles. The maximum absolute atomic E-state index is 10.7. The molecule has 0 fully saturated rings. The monoisotopic (exact) mass is 250 g/mol. The summed E-state index contributed by atoms with van der Waals surface area (Å²) >= 11 is 0. The highest BCUT2D eigenvalue weighted by Gasteiger charge is 2.19. The molecule has 0 bridgehead atoms. The first-order valence-electron chi connectivity index (χ1n) is 4.65. The molecule has 2 rings (SSSR count). The standard InChI is InChI=1S/C8H6N6O4/c1-12-10-8(9-11-12)5-2-6(13(15)16)4-7(3-5)14(17)18/h2-4H,1H3. The van der Waals surface area contributed by atoms with Gasteiger partial charge in [0, 0.05) is 17.7 Å². The van der Waals surface area contributed by atoms with Crippen LogP contribution in [0.15, 0.2) is 18.2 Å². The average Bonchev–Trinajstić information content (AvgIpc) is 2.75. The summed E-state index contributed by atoms with van der Waals surface area (Å²) in [6.45, 7) is 0. The Bertz CT molecular complexity index is 604. The zero-order valence-corrected chi connectivity index (χ0v) is 9.05. The quantitative estimate of drug-likeness (QED) is 0.578. The lowest BCUT2D eigenvalue weighted by Gasteiger charge is -1.97. The Hall–Kier alpha value is -2.91. The first kappa shape index (κ1) is 11.6. The van der Waals surface area contributed by atoms with Crippen LogP contribution in [0.25, 0.3) is 11.4 Å². The Morgan fingerprint density at radius 3 is 2.06 bits per heavy atom. The first-order chi connectivity index (χ1) is 8.47. The minimum Gasteiger partial charge on any atom is -0.258 e. The molecular weight excluding hydrogens is 244 g/mol. The fraction of sp³-hybridized carbons (Fsp3) is 0.125. The van der Waals surface area contributed by atoms with E-state index in [0.717, 1.165) is 23.0 Å². The molecule has 10 heteroatoms. The molecule has 1 aromatic heterocycles. The maximum atomic E-state index is 10.7. The molecule has 18 heavy (non-hydrogen) atoms. The zero-order valence-electron chi connectivity index (χ0n) is 9.05. The minimum absolute atomic E-state index is 0.0873. The van der Waals surface area contributed by atoms with Gasteiger partial charge in [-0.1, -0.05) is 0 Å². The van der Waals surface area contributed by atoms with Gasteiger partial charge in [0.1, 0.15) is 0 Å². The van der Waals surface area contributed by atoms with Gasteiger partial charge in [0.15, 0.2) is 0 Å². The summed E-state index contributed by atoms with van der Waals surface area (Å²) in [6.07, 6.45) is 0. The van der Waals surface area contributed by atoms with Gasteiger partial charge in [0.2, 0.25) is 5.82 Å². The number of nitro benzene ring substituents is 2. The van der Waals surface area contributed by atoms with E-state index < -0.39 is 21.2 Å². The lowest BCUT2D eigenvalue weighted by Crippen LogP contribution is -1.95. The van der Waals surface area contributed by atoms with Crippen LogP contribution in [-0.2, 0) is 7.05 Å². The van der Waals surface area contributed by atoms with Crippen molar-refractivity contribution in [2.45, 2.75) is 0 Å². The molecule has 10 nitrogen and oxygen atoms in total. The topological polar surface area (TPSA) is 130 Å². The lowest BCUT2D eigenvalue weighted by atomic mass is 10.1. The van der Waals surface area contributed by atoms with E-state index in [1.165, 1.54) is 7.05 Å². The summed E-state index contributed by atoms with van der Waals surface area (Å²) in [4.78, 5) is 21.1. The Balaban J connectivity index is 2.60. The number of hydrogen-bond donors (Lipinski definition) is 0. The van der Waals surface area contributed by atoms with E-state index in [0.29, 0.717) is 0 Å². The number of tetrazole rings is 1. The maximum Gasteiger partial charge on any atom is 0.277 e. The molecule has 0 saturated carbocycles. The number of rotatable bonds is 3. The predicted molar refractivity (Wildman–Crippen MR) is 57.5 cm³/mol. The lowest BCUT2D eigenvalue weighted by molar-refractivity contribution is -0.394.